The number of carbonyl (C=O) groups excluding carboxylic acids is 1. The first-order valence-corrected chi connectivity index (χ1v) is 6.22. The van der Waals surface area contributed by atoms with Gasteiger partial charge < -0.3 is 15.2 Å². The molecule has 0 saturated carbocycles. The van der Waals surface area contributed by atoms with Gasteiger partial charge in [-0.1, -0.05) is 24.2 Å². The summed E-state index contributed by atoms with van der Waals surface area (Å²) in [6.07, 6.45) is 2.28. The predicted octanol–water partition coefficient (Wildman–Crippen LogP) is 2.62. The lowest BCUT2D eigenvalue weighted by Crippen LogP contribution is -2.32. The second-order valence-corrected chi connectivity index (χ2v) is 4.31. The second-order valence-electron chi connectivity index (χ2n) is 4.31. The zero-order valence-corrected chi connectivity index (χ0v) is 11.1. The minimum absolute atomic E-state index is 0.140. The van der Waals surface area contributed by atoms with Crippen molar-refractivity contribution in [1.82, 2.24) is 5.16 Å². The van der Waals surface area contributed by atoms with Crippen LogP contribution in [0.25, 0.3) is 0 Å². The molecule has 1 amide bonds. The van der Waals surface area contributed by atoms with Crippen LogP contribution in [0, 0.1) is 6.92 Å². The molecule has 1 heterocycles. The van der Waals surface area contributed by atoms with Gasteiger partial charge in [0.25, 0.3) is 5.91 Å². The van der Waals surface area contributed by atoms with Gasteiger partial charge in [0.05, 0.1) is 17.6 Å². The number of benzene rings is 1. The van der Waals surface area contributed by atoms with Crippen LogP contribution in [-0.2, 0) is 0 Å². The molecule has 5 nitrogen and oxygen atoms in total. The van der Waals surface area contributed by atoms with Gasteiger partial charge in [0, 0.05) is 6.54 Å². The van der Waals surface area contributed by atoms with E-state index < -0.39 is 0 Å². The zero-order chi connectivity index (χ0) is 13.8. The highest BCUT2D eigenvalue weighted by Gasteiger charge is 2.22. The van der Waals surface area contributed by atoms with Gasteiger partial charge in [-0.25, -0.2) is 0 Å². The number of aromatic nitrogens is 1. The maximum Gasteiger partial charge on any atom is 0.263 e. The average molecular weight is 259 g/mol. The molecular weight excluding hydrogens is 242 g/mol. The van der Waals surface area contributed by atoms with Gasteiger partial charge >= 0.3 is 0 Å². The lowest BCUT2D eigenvalue weighted by molar-refractivity contribution is 0.0985. The molecule has 5 heteroatoms. The van der Waals surface area contributed by atoms with Crippen LogP contribution in [0.4, 0.5) is 11.4 Å². The van der Waals surface area contributed by atoms with E-state index in [-0.39, 0.29) is 5.91 Å². The Balaban J connectivity index is 2.39. The highest BCUT2D eigenvalue weighted by Crippen LogP contribution is 2.25. The number of hydrogen-bond donors (Lipinski definition) is 1. The summed E-state index contributed by atoms with van der Waals surface area (Å²) in [7, 11) is 0. The van der Waals surface area contributed by atoms with Crippen LogP contribution in [0.3, 0.4) is 0 Å². The summed E-state index contributed by atoms with van der Waals surface area (Å²) >= 11 is 0. The van der Waals surface area contributed by atoms with E-state index in [1.54, 1.807) is 17.9 Å². The highest BCUT2D eigenvalue weighted by atomic mass is 16.5. The number of amides is 1. The molecule has 0 radical (unpaired) electrons. The summed E-state index contributed by atoms with van der Waals surface area (Å²) < 4.78 is 4.95. The number of para-hydroxylation sites is 2. The van der Waals surface area contributed by atoms with Crippen LogP contribution < -0.4 is 10.6 Å². The van der Waals surface area contributed by atoms with Crippen molar-refractivity contribution in [2.45, 2.75) is 20.3 Å². The molecule has 0 aliphatic heterocycles. The molecule has 2 aromatic rings. The first kappa shape index (κ1) is 13.1. The Bertz CT molecular complexity index is 578. The molecule has 0 bridgehead atoms. The van der Waals surface area contributed by atoms with E-state index in [0.717, 1.165) is 12.1 Å². The van der Waals surface area contributed by atoms with Gasteiger partial charge in [-0.3, -0.25) is 4.79 Å². The van der Waals surface area contributed by atoms with Crippen molar-refractivity contribution >= 4 is 17.3 Å². The lowest BCUT2D eigenvalue weighted by atomic mass is 10.2. The Morgan fingerprint density at radius 3 is 2.74 bits per heavy atom. The first-order valence-electron chi connectivity index (χ1n) is 6.22. The van der Waals surface area contributed by atoms with Crippen molar-refractivity contribution < 1.29 is 9.32 Å². The van der Waals surface area contributed by atoms with Crippen LogP contribution in [0.15, 0.2) is 35.0 Å². The molecule has 0 aliphatic carbocycles. The van der Waals surface area contributed by atoms with E-state index in [4.69, 9.17) is 10.3 Å². The zero-order valence-electron chi connectivity index (χ0n) is 11.1. The van der Waals surface area contributed by atoms with Crippen molar-refractivity contribution in [3.63, 3.8) is 0 Å². The van der Waals surface area contributed by atoms with Crippen molar-refractivity contribution in [1.29, 1.82) is 0 Å². The summed E-state index contributed by atoms with van der Waals surface area (Å²) in [5, 5.41) is 3.65. The van der Waals surface area contributed by atoms with Crippen LogP contribution in [-0.4, -0.2) is 17.6 Å². The fourth-order valence-corrected chi connectivity index (χ4v) is 1.94. The number of rotatable bonds is 4. The van der Waals surface area contributed by atoms with Gasteiger partial charge in [-0.15, -0.1) is 0 Å². The Kier molecular flexibility index (Phi) is 3.85. The van der Waals surface area contributed by atoms with Crippen molar-refractivity contribution in [2.24, 2.45) is 0 Å². The van der Waals surface area contributed by atoms with E-state index >= 15 is 0 Å². The number of nitrogen functional groups attached to an aromatic ring is 1. The normalized spacial score (nSPS) is 10.4. The van der Waals surface area contributed by atoms with Crippen LogP contribution in [0.1, 0.15) is 29.5 Å². The van der Waals surface area contributed by atoms with Crippen LogP contribution in [0.5, 0.6) is 0 Å². The fourth-order valence-electron chi connectivity index (χ4n) is 1.94. The molecule has 0 aliphatic rings. The standard InChI is InChI=1S/C14H17N3O2/c1-3-8-17(13-7-5-4-6-12(13)15)14(18)11-9-16-19-10(11)2/h4-7,9H,3,8,15H2,1-2H3. The first-order chi connectivity index (χ1) is 9.15. The van der Waals surface area contributed by atoms with Gasteiger partial charge in [0.15, 0.2) is 0 Å². The molecule has 100 valence electrons. The van der Waals surface area contributed by atoms with E-state index in [1.807, 2.05) is 25.1 Å². The third-order valence-electron chi connectivity index (χ3n) is 2.90. The van der Waals surface area contributed by atoms with E-state index in [1.165, 1.54) is 6.20 Å². The molecule has 1 aromatic carbocycles. The van der Waals surface area contributed by atoms with E-state index in [9.17, 15) is 4.79 Å². The van der Waals surface area contributed by atoms with Gasteiger partial charge in [0.2, 0.25) is 0 Å². The summed E-state index contributed by atoms with van der Waals surface area (Å²) in [4.78, 5) is 14.2. The predicted molar refractivity (Wildman–Crippen MR) is 74.1 cm³/mol. The molecule has 0 atom stereocenters. The molecule has 0 spiro atoms. The number of hydrogen-bond acceptors (Lipinski definition) is 4. The minimum Gasteiger partial charge on any atom is -0.397 e. The number of aryl methyl sites for hydroxylation is 1. The van der Waals surface area contributed by atoms with E-state index in [0.29, 0.717) is 23.6 Å². The SMILES string of the molecule is CCCN(C(=O)c1cnoc1C)c1ccccc1N. The second kappa shape index (κ2) is 5.56. The Morgan fingerprint density at radius 2 is 2.16 bits per heavy atom. The number of nitrogens with zero attached hydrogens (tertiary/aromatic N) is 2. The van der Waals surface area contributed by atoms with Gasteiger partial charge in [-0.2, -0.15) is 0 Å². The van der Waals surface area contributed by atoms with Gasteiger partial charge in [-0.05, 0) is 25.5 Å². The largest absolute Gasteiger partial charge is 0.397 e. The number of anilines is 2. The molecular formula is C14H17N3O2. The topological polar surface area (TPSA) is 72.4 Å². The summed E-state index contributed by atoms with van der Waals surface area (Å²) in [6.45, 7) is 4.33. The molecule has 0 fully saturated rings. The Labute approximate surface area is 112 Å². The number of nitrogens with two attached hydrogens (primary N) is 1. The average Bonchev–Trinajstić information content (AvgIpc) is 2.82. The maximum atomic E-state index is 12.5. The Hall–Kier alpha value is -2.30. The van der Waals surface area contributed by atoms with Crippen LogP contribution >= 0.6 is 0 Å². The third kappa shape index (κ3) is 2.59. The van der Waals surface area contributed by atoms with Crippen LogP contribution in [0.2, 0.25) is 0 Å². The quantitative estimate of drug-likeness (QED) is 0.857. The Morgan fingerprint density at radius 1 is 1.42 bits per heavy atom. The molecule has 0 unspecified atom stereocenters. The van der Waals surface area contributed by atoms with E-state index in [2.05, 4.69) is 5.16 Å². The smallest absolute Gasteiger partial charge is 0.263 e. The molecule has 2 rings (SSSR count). The summed E-state index contributed by atoms with van der Waals surface area (Å²) in [6, 6.07) is 7.33. The third-order valence-corrected chi connectivity index (χ3v) is 2.90. The van der Waals surface area contributed by atoms with Crippen molar-refractivity contribution in [3.05, 3.63) is 41.8 Å². The molecule has 0 saturated heterocycles. The minimum atomic E-state index is -0.140. The molecule has 2 N–H and O–H groups in total. The summed E-state index contributed by atoms with van der Waals surface area (Å²) in [5.41, 5.74) is 7.72. The fraction of sp³-hybridized carbons (Fsp3) is 0.286. The van der Waals surface area contributed by atoms with Crippen molar-refractivity contribution in [3.8, 4) is 0 Å². The summed E-state index contributed by atoms with van der Waals surface area (Å²) in [5.74, 6) is 0.374. The van der Waals surface area contributed by atoms with Gasteiger partial charge in [0.1, 0.15) is 11.3 Å². The van der Waals surface area contributed by atoms with Crippen molar-refractivity contribution in [2.75, 3.05) is 17.2 Å². The molecule has 1 aromatic heterocycles. The maximum absolute atomic E-state index is 12.5. The highest BCUT2D eigenvalue weighted by molar-refractivity contribution is 6.07. The number of carbonyl (C=O) groups is 1. The molecule has 19 heavy (non-hydrogen) atoms. The monoisotopic (exact) mass is 259 g/mol. The lowest BCUT2D eigenvalue weighted by Gasteiger charge is -2.23.